The number of carbonyl (C=O) groups excluding carboxylic acids is 1. The first kappa shape index (κ1) is 15.4. The molecule has 0 bridgehead atoms. The molecule has 1 aliphatic rings. The standard InChI is InChI=1S/C15H19N5O3/c1-2-19(10-11-3-5-16-6-4-11)13(21)9-12-14-17-18-15(22)20(14)7-8-23-12/h3-6,12H,2,7-10H2,1H3,(H,18,22). The van der Waals surface area contributed by atoms with E-state index >= 15 is 0 Å². The topological polar surface area (TPSA) is 93.1 Å². The Balaban J connectivity index is 1.69. The minimum atomic E-state index is -0.485. The minimum absolute atomic E-state index is 0.0294. The highest BCUT2D eigenvalue weighted by Crippen LogP contribution is 2.23. The molecule has 1 amide bonds. The summed E-state index contributed by atoms with van der Waals surface area (Å²) in [5.41, 5.74) is 0.765. The predicted molar refractivity (Wildman–Crippen MR) is 81.5 cm³/mol. The minimum Gasteiger partial charge on any atom is -0.368 e. The molecule has 1 aliphatic heterocycles. The first-order valence-electron chi connectivity index (χ1n) is 7.62. The number of rotatable bonds is 5. The molecule has 3 rings (SSSR count). The van der Waals surface area contributed by atoms with Gasteiger partial charge in [-0.2, -0.15) is 5.10 Å². The number of aromatic amines is 1. The third kappa shape index (κ3) is 3.31. The molecule has 1 N–H and O–H groups in total. The third-order valence-corrected chi connectivity index (χ3v) is 3.93. The molecule has 122 valence electrons. The van der Waals surface area contributed by atoms with Crippen molar-refractivity contribution in [3.8, 4) is 0 Å². The molecule has 0 aliphatic carbocycles. The molecule has 0 spiro atoms. The van der Waals surface area contributed by atoms with Crippen molar-refractivity contribution in [3.63, 3.8) is 0 Å². The summed E-state index contributed by atoms with van der Waals surface area (Å²) in [6.07, 6.45) is 3.10. The molecule has 8 heteroatoms. The zero-order valence-electron chi connectivity index (χ0n) is 12.9. The van der Waals surface area contributed by atoms with Crippen molar-refractivity contribution < 1.29 is 9.53 Å². The van der Waals surface area contributed by atoms with Gasteiger partial charge in [0.05, 0.1) is 19.6 Å². The highest BCUT2D eigenvalue weighted by Gasteiger charge is 2.28. The Hall–Kier alpha value is -2.48. The number of pyridine rings is 1. The van der Waals surface area contributed by atoms with Gasteiger partial charge in [-0.1, -0.05) is 0 Å². The smallest absolute Gasteiger partial charge is 0.343 e. The molecule has 1 unspecified atom stereocenters. The van der Waals surface area contributed by atoms with Crippen LogP contribution in [0.5, 0.6) is 0 Å². The predicted octanol–water partition coefficient (Wildman–Crippen LogP) is 0.476. The van der Waals surface area contributed by atoms with E-state index in [-0.39, 0.29) is 18.0 Å². The highest BCUT2D eigenvalue weighted by atomic mass is 16.5. The number of aromatic nitrogens is 4. The van der Waals surface area contributed by atoms with Crippen LogP contribution in [-0.4, -0.2) is 43.7 Å². The van der Waals surface area contributed by atoms with E-state index in [1.807, 2.05) is 19.1 Å². The fourth-order valence-corrected chi connectivity index (χ4v) is 2.68. The molecule has 2 aromatic heterocycles. The summed E-state index contributed by atoms with van der Waals surface area (Å²) < 4.78 is 7.16. The summed E-state index contributed by atoms with van der Waals surface area (Å²) >= 11 is 0. The molecule has 23 heavy (non-hydrogen) atoms. The second-order valence-electron chi connectivity index (χ2n) is 5.37. The second kappa shape index (κ2) is 6.74. The molecule has 1 atom stereocenters. The molecule has 0 aromatic carbocycles. The van der Waals surface area contributed by atoms with Gasteiger partial charge in [0.1, 0.15) is 6.10 Å². The van der Waals surface area contributed by atoms with Gasteiger partial charge in [-0.05, 0) is 24.6 Å². The van der Waals surface area contributed by atoms with Crippen molar-refractivity contribution in [2.45, 2.75) is 32.5 Å². The van der Waals surface area contributed by atoms with E-state index in [9.17, 15) is 9.59 Å². The fraction of sp³-hybridized carbons (Fsp3) is 0.467. The summed E-state index contributed by atoms with van der Waals surface area (Å²) in [6, 6.07) is 3.77. The van der Waals surface area contributed by atoms with E-state index in [0.717, 1.165) is 5.56 Å². The van der Waals surface area contributed by atoms with Gasteiger partial charge in [0, 0.05) is 25.5 Å². The highest BCUT2D eigenvalue weighted by molar-refractivity contribution is 5.76. The average molecular weight is 317 g/mol. The maximum atomic E-state index is 12.6. The number of nitrogens with one attached hydrogen (secondary N) is 1. The molecular formula is C15H19N5O3. The lowest BCUT2D eigenvalue weighted by atomic mass is 10.1. The fourth-order valence-electron chi connectivity index (χ4n) is 2.68. The summed E-state index contributed by atoms with van der Waals surface area (Å²) in [5, 5.41) is 6.39. The van der Waals surface area contributed by atoms with Crippen LogP contribution in [0.25, 0.3) is 0 Å². The number of ether oxygens (including phenoxy) is 1. The zero-order chi connectivity index (χ0) is 16.2. The summed E-state index contributed by atoms with van der Waals surface area (Å²) in [7, 11) is 0. The van der Waals surface area contributed by atoms with Gasteiger partial charge in [-0.3, -0.25) is 14.3 Å². The van der Waals surface area contributed by atoms with Crippen LogP contribution in [0.15, 0.2) is 29.3 Å². The van der Waals surface area contributed by atoms with Crippen molar-refractivity contribution in [3.05, 3.63) is 46.4 Å². The number of H-pyrrole nitrogens is 1. The normalized spacial score (nSPS) is 16.8. The second-order valence-corrected chi connectivity index (χ2v) is 5.37. The number of fused-ring (bicyclic) bond motifs is 1. The largest absolute Gasteiger partial charge is 0.368 e. The number of hydrogen-bond acceptors (Lipinski definition) is 5. The lowest BCUT2D eigenvalue weighted by Gasteiger charge is -2.26. The molecule has 3 heterocycles. The van der Waals surface area contributed by atoms with Crippen molar-refractivity contribution in [2.24, 2.45) is 0 Å². The van der Waals surface area contributed by atoms with Crippen LogP contribution in [0.2, 0.25) is 0 Å². The molecule has 8 nitrogen and oxygen atoms in total. The van der Waals surface area contributed by atoms with E-state index < -0.39 is 6.10 Å². The number of hydrogen-bond donors (Lipinski definition) is 1. The van der Waals surface area contributed by atoms with E-state index in [4.69, 9.17) is 4.74 Å². The summed E-state index contributed by atoms with van der Waals surface area (Å²) in [4.78, 5) is 29.9. The van der Waals surface area contributed by atoms with Gasteiger partial charge in [-0.15, -0.1) is 0 Å². The van der Waals surface area contributed by atoms with Crippen LogP contribution in [0, 0.1) is 0 Å². The third-order valence-electron chi connectivity index (χ3n) is 3.93. The van der Waals surface area contributed by atoms with Crippen molar-refractivity contribution >= 4 is 5.91 Å². The quantitative estimate of drug-likeness (QED) is 0.865. The van der Waals surface area contributed by atoms with Gasteiger partial charge >= 0.3 is 5.69 Å². The lowest BCUT2D eigenvalue weighted by molar-refractivity contribution is -0.135. The van der Waals surface area contributed by atoms with E-state index in [1.54, 1.807) is 17.3 Å². The van der Waals surface area contributed by atoms with Crippen LogP contribution >= 0.6 is 0 Å². The van der Waals surface area contributed by atoms with Gasteiger partial charge < -0.3 is 9.64 Å². The van der Waals surface area contributed by atoms with Crippen LogP contribution in [0.4, 0.5) is 0 Å². The van der Waals surface area contributed by atoms with Gasteiger partial charge in [0.2, 0.25) is 5.91 Å². The first-order chi connectivity index (χ1) is 11.2. The van der Waals surface area contributed by atoms with Crippen LogP contribution in [0.1, 0.15) is 30.8 Å². The van der Waals surface area contributed by atoms with Crippen molar-refractivity contribution in [2.75, 3.05) is 13.2 Å². The van der Waals surface area contributed by atoms with E-state index in [2.05, 4.69) is 15.2 Å². The molecule has 0 fully saturated rings. The van der Waals surface area contributed by atoms with Crippen molar-refractivity contribution in [1.29, 1.82) is 0 Å². The summed E-state index contributed by atoms with van der Waals surface area (Å²) in [5.74, 6) is 0.466. The van der Waals surface area contributed by atoms with Gasteiger partial charge in [0.25, 0.3) is 0 Å². The van der Waals surface area contributed by atoms with Crippen LogP contribution in [-0.2, 0) is 22.6 Å². The maximum Gasteiger partial charge on any atom is 0.343 e. The van der Waals surface area contributed by atoms with Crippen LogP contribution < -0.4 is 5.69 Å². The monoisotopic (exact) mass is 317 g/mol. The molecule has 0 saturated carbocycles. The van der Waals surface area contributed by atoms with Gasteiger partial charge in [0.15, 0.2) is 5.82 Å². The first-order valence-corrected chi connectivity index (χ1v) is 7.62. The summed E-state index contributed by atoms with van der Waals surface area (Å²) in [6.45, 7) is 3.93. The van der Waals surface area contributed by atoms with Gasteiger partial charge in [-0.25, -0.2) is 9.89 Å². The number of amides is 1. The number of carbonyl (C=O) groups is 1. The Morgan fingerprint density at radius 2 is 2.26 bits per heavy atom. The zero-order valence-corrected chi connectivity index (χ0v) is 12.9. The Bertz CT molecular complexity index is 724. The Morgan fingerprint density at radius 3 is 3.00 bits per heavy atom. The molecule has 2 aromatic rings. The van der Waals surface area contributed by atoms with E-state index in [0.29, 0.717) is 32.1 Å². The lowest BCUT2D eigenvalue weighted by Crippen LogP contribution is -2.34. The average Bonchev–Trinajstić information content (AvgIpc) is 2.96. The molecule has 0 radical (unpaired) electrons. The molecule has 0 saturated heterocycles. The Labute approximate surface area is 133 Å². The van der Waals surface area contributed by atoms with E-state index in [1.165, 1.54) is 4.57 Å². The maximum absolute atomic E-state index is 12.6. The molecular weight excluding hydrogens is 298 g/mol. The van der Waals surface area contributed by atoms with Crippen molar-refractivity contribution in [1.82, 2.24) is 24.6 Å². The SMILES string of the molecule is CCN(Cc1ccncc1)C(=O)CC1OCCn2c1n[nH]c2=O. The number of nitrogens with zero attached hydrogens (tertiary/aromatic N) is 4. The Morgan fingerprint density at radius 1 is 1.48 bits per heavy atom. The van der Waals surface area contributed by atoms with Crippen LogP contribution in [0.3, 0.4) is 0 Å². The Kier molecular flexibility index (Phi) is 4.52.